The van der Waals surface area contributed by atoms with Gasteiger partial charge in [-0.1, -0.05) is 37.3 Å². The molecular formula is C16H18F3NO3. The van der Waals surface area contributed by atoms with E-state index in [1.165, 1.54) is 29.2 Å². The highest BCUT2D eigenvalue weighted by atomic mass is 19.4. The quantitative estimate of drug-likeness (QED) is 0.924. The second-order valence-electron chi connectivity index (χ2n) is 5.93. The molecule has 0 spiro atoms. The highest BCUT2D eigenvalue weighted by molar-refractivity contribution is 5.79. The minimum Gasteiger partial charge on any atom is -0.481 e. The predicted molar refractivity (Wildman–Crippen MR) is 76.7 cm³/mol. The average Bonchev–Trinajstić information content (AvgIpc) is 2.86. The number of carboxylic acids is 1. The molecule has 7 heteroatoms. The first-order valence-corrected chi connectivity index (χ1v) is 7.32. The Morgan fingerprint density at radius 3 is 2.35 bits per heavy atom. The van der Waals surface area contributed by atoms with Gasteiger partial charge in [-0.05, 0) is 11.5 Å². The number of hydrogen-bond acceptors (Lipinski definition) is 2. The molecule has 1 N–H and O–H groups in total. The number of hydrogen-bond donors (Lipinski definition) is 1. The van der Waals surface area contributed by atoms with Gasteiger partial charge in [0.1, 0.15) is 0 Å². The van der Waals surface area contributed by atoms with E-state index in [1.54, 1.807) is 13.0 Å². The fraction of sp³-hybridized carbons (Fsp3) is 0.500. The molecule has 3 atom stereocenters. The van der Waals surface area contributed by atoms with E-state index in [-0.39, 0.29) is 24.6 Å². The second-order valence-corrected chi connectivity index (χ2v) is 5.93. The first kappa shape index (κ1) is 17.3. The van der Waals surface area contributed by atoms with E-state index in [0.717, 1.165) is 0 Å². The van der Waals surface area contributed by atoms with Crippen molar-refractivity contribution in [2.75, 3.05) is 13.1 Å². The monoisotopic (exact) mass is 329 g/mol. The van der Waals surface area contributed by atoms with Crippen LogP contribution < -0.4 is 0 Å². The molecule has 1 fully saturated rings. The van der Waals surface area contributed by atoms with Crippen molar-refractivity contribution in [2.45, 2.75) is 25.4 Å². The lowest BCUT2D eigenvalue weighted by Crippen LogP contribution is -2.34. The summed E-state index contributed by atoms with van der Waals surface area (Å²) in [5.74, 6) is -4.55. The summed E-state index contributed by atoms with van der Waals surface area (Å²) < 4.78 is 39.8. The third kappa shape index (κ3) is 4.03. The normalized spacial score (nSPS) is 22.9. The van der Waals surface area contributed by atoms with Crippen molar-refractivity contribution in [3.63, 3.8) is 0 Å². The van der Waals surface area contributed by atoms with Crippen LogP contribution in [0, 0.1) is 11.8 Å². The van der Waals surface area contributed by atoms with Crippen molar-refractivity contribution in [2.24, 2.45) is 11.8 Å². The molecule has 23 heavy (non-hydrogen) atoms. The van der Waals surface area contributed by atoms with E-state index in [0.29, 0.717) is 0 Å². The third-order valence-electron chi connectivity index (χ3n) is 4.26. The number of rotatable bonds is 4. The Labute approximate surface area is 131 Å². The fourth-order valence-electron chi connectivity index (χ4n) is 2.90. The van der Waals surface area contributed by atoms with Crippen LogP contribution in [-0.4, -0.2) is 41.1 Å². The number of halogens is 3. The number of likely N-dealkylation sites (tertiary alicyclic amines) is 1. The van der Waals surface area contributed by atoms with Gasteiger partial charge in [0, 0.05) is 19.5 Å². The molecule has 2 rings (SSSR count). The zero-order chi connectivity index (χ0) is 17.2. The summed E-state index contributed by atoms with van der Waals surface area (Å²) in [6.07, 6.45) is -5.23. The average molecular weight is 329 g/mol. The molecule has 1 aliphatic heterocycles. The highest BCUT2D eigenvalue weighted by Gasteiger charge is 2.44. The molecule has 0 saturated carbocycles. The van der Waals surface area contributed by atoms with Gasteiger partial charge in [0.25, 0.3) is 0 Å². The van der Waals surface area contributed by atoms with Gasteiger partial charge in [-0.2, -0.15) is 13.2 Å². The van der Waals surface area contributed by atoms with Crippen LogP contribution in [0.25, 0.3) is 0 Å². The highest BCUT2D eigenvalue weighted by Crippen LogP contribution is 2.38. The zero-order valence-electron chi connectivity index (χ0n) is 12.6. The Balaban J connectivity index is 2.12. The van der Waals surface area contributed by atoms with Gasteiger partial charge in [-0.25, -0.2) is 0 Å². The summed E-state index contributed by atoms with van der Waals surface area (Å²) in [4.78, 5) is 24.5. The number of carbonyl (C=O) groups excluding carboxylic acids is 1. The van der Waals surface area contributed by atoms with Crippen molar-refractivity contribution in [1.29, 1.82) is 0 Å². The summed E-state index contributed by atoms with van der Waals surface area (Å²) in [6.45, 7) is 1.83. The molecule has 1 amide bonds. The Morgan fingerprint density at radius 2 is 1.87 bits per heavy atom. The molecule has 0 bridgehead atoms. The molecule has 1 heterocycles. The molecule has 1 saturated heterocycles. The molecular weight excluding hydrogens is 311 g/mol. The largest absolute Gasteiger partial charge is 0.481 e. The number of carbonyl (C=O) groups is 2. The summed E-state index contributed by atoms with van der Waals surface area (Å²) in [7, 11) is 0. The first-order valence-electron chi connectivity index (χ1n) is 7.32. The van der Waals surface area contributed by atoms with Gasteiger partial charge in [0.05, 0.1) is 11.8 Å². The smallest absolute Gasteiger partial charge is 0.396 e. The zero-order valence-corrected chi connectivity index (χ0v) is 12.6. The molecule has 1 aliphatic rings. The van der Waals surface area contributed by atoms with Crippen LogP contribution in [0.5, 0.6) is 0 Å². The molecule has 1 aromatic carbocycles. The molecule has 0 radical (unpaired) electrons. The maximum absolute atomic E-state index is 13.3. The molecule has 1 unspecified atom stereocenters. The number of nitrogens with zero attached hydrogens (tertiary/aromatic N) is 1. The van der Waals surface area contributed by atoms with E-state index >= 15 is 0 Å². The van der Waals surface area contributed by atoms with Crippen molar-refractivity contribution in [1.82, 2.24) is 4.90 Å². The van der Waals surface area contributed by atoms with Crippen LogP contribution in [0.4, 0.5) is 13.2 Å². The van der Waals surface area contributed by atoms with Gasteiger partial charge >= 0.3 is 12.1 Å². The summed E-state index contributed by atoms with van der Waals surface area (Å²) in [5.41, 5.74) is 0.0374. The van der Waals surface area contributed by atoms with E-state index in [1.807, 2.05) is 0 Å². The molecule has 0 aromatic heterocycles. The summed E-state index contributed by atoms with van der Waals surface area (Å²) in [5, 5.41) is 9.05. The van der Waals surface area contributed by atoms with Gasteiger partial charge in [-0.3, -0.25) is 9.59 Å². The van der Waals surface area contributed by atoms with E-state index in [4.69, 9.17) is 5.11 Å². The predicted octanol–water partition coefficient (Wildman–Crippen LogP) is 2.90. The van der Waals surface area contributed by atoms with Crippen LogP contribution in [0.15, 0.2) is 30.3 Å². The third-order valence-corrected chi connectivity index (χ3v) is 4.26. The van der Waals surface area contributed by atoms with E-state index in [9.17, 15) is 22.8 Å². The maximum Gasteiger partial charge on any atom is 0.396 e. The topological polar surface area (TPSA) is 57.6 Å². The second kappa shape index (κ2) is 6.60. The number of benzene rings is 1. The van der Waals surface area contributed by atoms with Crippen LogP contribution in [0.3, 0.4) is 0 Å². The van der Waals surface area contributed by atoms with Crippen molar-refractivity contribution >= 4 is 11.9 Å². The lowest BCUT2D eigenvalue weighted by molar-refractivity contribution is -0.160. The van der Waals surface area contributed by atoms with Gasteiger partial charge < -0.3 is 10.0 Å². The van der Waals surface area contributed by atoms with Crippen molar-refractivity contribution < 1.29 is 27.9 Å². The van der Waals surface area contributed by atoms with Gasteiger partial charge in [0.2, 0.25) is 5.91 Å². The van der Waals surface area contributed by atoms with Crippen molar-refractivity contribution in [3.05, 3.63) is 35.9 Å². The molecule has 4 nitrogen and oxygen atoms in total. The number of carboxylic acid groups (broad SMARTS) is 1. The Hall–Kier alpha value is -2.05. The number of alkyl halides is 3. The van der Waals surface area contributed by atoms with Gasteiger partial charge in [-0.15, -0.1) is 0 Å². The summed E-state index contributed by atoms with van der Waals surface area (Å²) >= 11 is 0. The fourth-order valence-corrected chi connectivity index (χ4v) is 2.90. The minimum absolute atomic E-state index is 0.0330. The van der Waals surface area contributed by atoms with E-state index in [2.05, 4.69) is 0 Å². The number of aliphatic carboxylic acids is 1. The lowest BCUT2D eigenvalue weighted by atomic mass is 9.94. The first-order chi connectivity index (χ1) is 10.7. The van der Waals surface area contributed by atoms with Crippen LogP contribution >= 0.6 is 0 Å². The van der Waals surface area contributed by atoms with Gasteiger partial charge in [0.15, 0.2) is 0 Å². The Bertz CT molecular complexity index is 574. The SMILES string of the molecule is C[C@@H]1CN(C(=O)CC(c2ccccc2)C(F)(F)F)C[C@H]1C(=O)O. The Morgan fingerprint density at radius 1 is 1.26 bits per heavy atom. The standard InChI is InChI=1S/C16H18F3NO3/c1-10-8-20(9-12(10)15(22)23)14(21)7-13(16(17,18)19)11-5-3-2-4-6-11/h2-6,10,12-13H,7-9H2,1H3,(H,22,23)/t10-,12-,13?/m1/s1. The van der Waals surface area contributed by atoms with Crippen LogP contribution in [0.1, 0.15) is 24.8 Å². The number of amides is 1. The molecule has 0 aliphatic carbocycles. The molecule has 126 valence electrons. The minimum atomic E-state index is -4.53. The Kier molecular flexibility index (Phi) is 4.97. The van der Waals surface area contributed by atoms with Crippen LogP contribution in [-0.2, 0) is 9.59 Å². The summed E-state index contributed by atoms with van der Waals surface area (Å²) in [6, 6.07) is 7.29. The lowest BCUT2D eigenvalue weighted by Gasteiger charge is -2.23. The van der Waals surface area contributed by atoms with Crippen molar-refractivity contribution in [3.8, 4) is 0 Å². The maximum atomic E-state index is 13.3. The molecule has 1 aromatic rings. The van der Waals surface area contributed by atoms with Crippen LogP contribution in [0.2, 0.25) is 0 Å². The van der Waals surface area contributed by atoms with E-state index < -0.39 is 36.3 Å².